The predicted molar refractivity (Wildman–Crippen MR) is 103 cm³/mol. The fourth-order valence-corrected chi connectivity index (χ4v) is 32.4. The van der Waals surface area contributed by atoms with Crippen molar-refractivity contribution in [3.05, 3.63) is 22.6 Å². The summed E-state index contributed by atoms with van der Waals surface area (Å²) in [6.45, 7) is 0. The summed E-state index contributed by atoms with van der Waals surface area (Å²) in [7, 11) is 0. The molecule has 0 bridgehead atoms. The van der Waals surface area contributed by atoms with Crippen molar-refractivity contribution in [3.8, 4) is 21.9 Å². The van der Waals surface area contributed by atoms with E-state index in [1.807, 2.05) is 22.8 Å². The Labute approximate surface area is 149 Å². The van der Waals surface area contributed by atoms with Crippen LogP contribution in [-0.2, 0) is 0 Å². The molecule has 2 aromatic heterocycles. The topological polar surface area (TPSA) is 47.6 Å². The molecule has 0 aliphatic carbocycles. The first-order valence-electron chi connectivity index (χ1n) is 7.17. The van der Waals surface area contributed by atoms with Gasteiger partial charge in [-0.1, -0.05) is 0 Å². The summed E-state index contributed by atoms with van der Waals surface area (Å²) in [5.41, 5.74) is 1.59. The Hall–Kier alpha value is -0.0226. The molecule has 0 saturated carbocycles. The number of rotatable bonds is 3. The van der Waals surface area contributed by atoms with Gasteiger partial charge in [0.2, 0.25) is 0 Å². The van der Waals surface area contributed by atoms with Crippen LogP contribution in [0.15, 0.2) is 11.4 Å². The van der Waals surface area contributed by atoms with Crippen LogP contribution in [0.5, 0.6) is 0 Å². The maximum absolute atomic E-state index is 9.84. The summed E-state index contributed by atoms with van der Waals surface area (Å²) in [6, 6.07) is 6.63. The van der Waals surface area contributed by atoms with Crippen molar-refractivity contribution in [2.45, 2.75) is 29.6 Å². The summed E-state index contributed by atoms with van der Waals surface area (Å²) in [5, 5.41) is 21.1. The first-order chi connectivity index (χ1) is 10.1. The summed E-state index contributed by atoms with van der Waals surface area (Å²) < 4.78 is 2.97. The van der Waals surface area contributed by atoms with E-state index in [0.29, 0.717) is 5.56 Å². The van der Waals surface area contributed by atoms with Crippen LogP contribution >= 0.6 is 22.7 Å². The molecule has 0 radical (unpaired) electrons. The van der Waals surface area contributed by atoms with Crippen molar-refractivity contribution < 1.29 is 0 Å². The molecule has 0 saturated heterocycles. The molecular weight excluding hydrogens is 522 g/mol. The molecule has 2 rings (SSSR count). The van der Waals surface area contributed by atoms with Gasteiger partial charge in [-0.3, -0.25) is 0 Å². The zero-order valence-electron chi connectivity index (χ0n) is 13.9. The molecule has 6 heteroatoms. The third-order valence-electron chi connectivity index (χ3n) is 3.44. The zero-order chi connectivity index (χ0) is 16.7. The summed E-state index contributed by atoms with van der Waals surface area (Å²) in [6.07, 6.45) is 0. The third-order valence-corrected chi connectivity index (χ3v) is 23.4. The van der Waals surface area contributed by atoms with Gasteiger partial charge >= 0.3 is 151 Å². The molecule has 22 heavy (non-hydrogen) atoms. The minimum atomic E-state index is -2.41. The number of nitriles is 2. The molecule has 0 N–H and O–H groups in total. The second kappa shape index (κ2) is 6.47. The van der Waals surface area contributed by atoms with Crippen molar-refractivity contribution in [3.63, 3.8) is 0 Å². The van der Waals surface area contributed by atoms with Gasteiger partial charge in [-0.05, 0) is 0 Å². The van der Waals surface area contributed by atoms with E-state index in [-0.39, 0.29) is 0 Å². The number of nitrogens with zero attached hydrogens (tertiary/aromatic N) is 2. The molecule has 2 nitrogen and oxygen atoms in total. The van der Waals surface area contributed by atoms with Gasteiger partial charge in [-0.2, -0.15) is 0 Å². The molecule has 2 aromatic rings. The zero-order valence-corrected chi connectivity index (χ0v) is 21.2. The first-order valence-corrected chi connectivity index (χ1v) is 28.8. The molecule has 0 spiro atoms. The Kier molecular flexibility index (Phi) is 5.39. The standard InChI is InChI=1S/C10H2N2S2.6CH3.2Sn/c11-5-7-1-3-13-9(7)10-8(6-12)2-4-14-10;;;;;;;;/h1,3H;6*1H3;;. The Morgan fingerprint density at radius 1 is 0.909 bits per heavy atom. The van der Waals surface area contributed by atoms with Crippen molar-refractivity contribution in [1.82, 2.24) is 0 Å². The molecule has 2 heterocycles. The first kappa shape index (κ1) is 18.3. The summed E-state index contributed by atoms with van der Waals surface area (Å²) in [4.78, 5) is 16.5. The average Bonchev–Trinajstić information content (AvgIpc) is 3.00. The molecule has 0 unspecified atom stereocenters. The van der Waals surface area contributed by atoms with E-state index in [1.54, 1.807) is 14.2 Å². The Morgan fingerprint density at radius 3 is 2.00 bits per heavy atom. The quantitative estimate of drug-likeness (QED) is 0.544. The fraction of sp³-hybridized carbons (Fsp3) is 0.375. The van der Waals surface area contributed by atoms with Gasteiger partial charge in [-0.25, -0.2) is 0 Å². The van der Waals surface area contributed by atoms with E-state index in [9.17, 15) is 10.5 Å². The number of hydrogen-bond donors (Lipinski definition) is 0. The summed E-state index contributed by atoms with van der Waals surface area (Å²) in [5.74, 6) is 0. The van der Waals surface area contributed by atoms with Gasteiger partial charge in [0.25, 0.3) is 0 Å². The van der Waals surface area contributed by atoms with Gasteiger partial charge in [0.1, 0.15) is 0 Å². The predicted octanol–water partition coefficient (Wildman–Crippen LogP) is 4.31. The monoisotopic (exact) mass is 544 g/mol. The van der Waals surface area contributed by atoms with Crippen molar-refractivity contribution >= 4 is 65.9 Å². The van der Waals surface area contributed by atoms with E-state index >= 15 is 0 Å². The van der Waals surface area contributed by atoms with Crippen LogP contribution in [0.25, 0.3) is 9.75 Å². The van der Waals surface area contributed by atoms with E-state index in [4.69, 9.17) is 0 Å². The Bertz CT molecular complexity index is 790. The minimum absolute atomic E-state index is 0.703. The van der Waals surface area contributed by atoms with Crippen LogP contribution < -0.4 is 6.47 Å². The second-order valence-corrected chi connectivity index (χ2v) is 38.9. The van der Waals surface area contributed by atoms with Crippen molar-refractivity contribution in [1.29, 1.82) is 10.5 Å². The van der Waals surface area contributed by atoms with Crippen LogP contribution in [0.2, 0.25) is 29.6 Å². The molecule has 0 amide bonds. The van der Waals surface area contributed by atoms with Crippen LogP contribution in [0, 0.1) is 22.7 Å². The van der Waals surface area contributed by atoms with E-state index in [0.717, 1.165) is 15.3 Å². The number of thiophene rings is 2. The average molecular weight is 542 g/mol. The molecule has 114 valence electrons. The number of hydrogen-bond acceptors (Lipinski definition) is 4. The third kappa shape index (κ3) is 3.40. The maximum atomic E-state index is 9.84. The molecule has 0 aliphatic rings. The Balaban J connectivity index is 2.87. The van der Waals surface area contributed by atoms with Gasteiger partial charge in [0, 0.05) is 0 Å². The van der Waals surface area contributed by atoms with Gasteiger partial charge in [-0.15, -0.1) is 0 Å². The van der Waals surface area contributed by atoms with Crippen molar-refractivity contribution in [2.75, 3.05) is 0 Å². The normalized spacial score (nSPS) is 12.0. The van der Waals surface area contributed by atoms with E-state index in [2.05, 4.69) is 41.8 Å². The molecule has 0 aliphatic heterocycles. The van der Waals surface area contributed by atoms with Gasteiger partial charge in [0.15, 0.2) is 0 Å². The SMILES string of the molecule is [CH3][Sn]([CH3])([CH3])[c]1sc(-c2sccc2C#N)c(C#N)[c]1[Sn]([CH3])([CH3])[CH3]. The van der Waals surface area contributed by atoms with Crippen LogP contribution in [0.3, 0.4) is 0 Å². The summed E-state index contributed by atoms with van der Waals surface area (Å²) >= 11 is -1.31. The molecule has 0 atom stereocenters. The van der Waals surface area contributed by atoms with Crippen LogP contribution in [0.4, 0.5) is 0 Å². The molecule has 0 fully saturated rings. The molecular formula is C16H20N2S2Sn2. The van der Waals surface area contributed by atoms with Crippen LogP contribution in [0.1, 0.15) is 11.1 Å². The van der Waals surface area contributed by atoms with Gasteiger partial charge in [0.05, 0.1) is 0 Å². The second-order valence-electron chi connectivity index (χ2n) is 7.40. The van der Waals surface area contributed by atoms with Crippen molar-refractivity contribution in [2.24, 2.45) is 0 Å². The van der Waals surface area contributed by atoms with Gasteiger partial charge < -0.3 is 0 Å². The molecule has 0 aromatic carbocycles. The van der Waals surface area contributed by atoms with E-state index in [1.165, 1.54) is 3.58 Å². The fourth-order valence-electron chi connectivity index (χ4n) is 2.51. The van der Waals surface area contributed by atoms with E-state index < -0.39 is 36.8 Å². The van der Waals surface area contributed by atoms with Crippen LogP contribution in [-0.4, -0.2) is 36.8 Å². The Morgan fingerprint density at radius 2 is 1.55 bits per heavy atom.